The molecule has 2 heterocycles. The zero-order chi connectivity index (χ0) is 11.5. The fraction of sp³-hybridized carbons (Fsp3) is 0.182. The van der Waals surface area contributed by atoms with Gasteiger partial charge in [-0.05, 0) is 31.2 Å². The van der Waals surface area contributed by atoms with Gasteiger partial charge in [-0.1, -0.05) is 11.6 Å². The molecule has 3 N–H and O–H groups in total. The number of hydrogen-bond donors (Lipinski definition) is 2. The van der Waals surface area contributed by atoms with Crippen molar-refractivity contribution < 1.29 is 0 Å². The largest absolute Gasteiger partial charge is 0.270 e. The van der Waals surface area contributed by atoms with E-state index in [-0.39, 0.29) is 6.04 Å². The highest BCUT2D eigenvalue weighted by Crippen LogP contribution is 2.30. The molecule has 0 aliphatic rings. The number of nitrogens with zero attached hydrogens (tertiary/aromatic N) is 1. The molecule has 2 aromatic rings. The fourth-order valence-corrected chi connectivity index (χ4v) is 2.69. The fourth-order valence-electron chi connectivity index (χ4n) is 1.51. The third kappa shape index (κ3) is 2.25. The summed E-state index contributed by atoms with van der Waals surface area (Å²) in [5.74, 6) is 5.57. The third-order valence-electron chi connectivity index (χ3n) is 2.27. The lowest BCUT2D eigenvalue weighted by Crippen LogP contribution is -2.29. The molecule has 0 radical (unpaired) electrons. The van der Waals surface area contributed by atoms with Crippen molar-refractivity contribution in [1.29, 1.82) is 0 Å². The molecule has 2 aromatic heterocycles. The summed E-state index contributed by atoms with van der Waals surface area (Å²) in [7, 11) is 0. The van der Waals surface area contributed by atoms with Crippen LogP contribution in [0.5, 0.6) is 0 Å². The highest BCUT2D eigenvalue weighted by atomic mass is 35.5. The quantitative estimate of drug-likeness (QED) is 0.653. The number of aryl methyl sites for hydroxylation is 1. The van der Waals surface area contributed by atoms with Gasteiger partial charge >= 0.3 is 0 Å². The van der Waals surface area contributed by atoms with E-state index in [1.165, 1.54) is 4.88 Å². The zero-order valence-electron chi connectivity index (χ0n) is 8.77. The molecule has 0 aromatic carbocycles. The Labute approximate surface area is 103 Å². The van der Waals surface area contributed by atoms with Crippen molar-refractivity contribution in [2.45, 2.75) is 13.0 Å². The number of pyridine rings is 1. The van der Waals surface area contributed by atoms with E-state index < -0.39 is 0 Å². The normalized spacial score (nSPS) is 12.7. The molecular formula is C11H12ClN3S. The van der Waals surface area contributed by atoms with Crippen LogP contribution in [0.1, 0.15) is 21.5 Å². The molecule has 0 spiro atoms. The highest BCUT2D eigenvalue weighted by molar-refractivity contribution is 7.12. The predicted molar refractivity (Wildman–Crippen MR) is 67.5 cm³/mol. The first-order chi connectivity index (χ1) is 7.72. The molecule has 0 fully saturated rings. The van der Waals surface area contributed by atoms with Crippen molar-refractivity contribution in [3.05, 3.63) is 50.9 Å². The van der Waals surface area contributed by atoms with Crippen LogP contribution in [0.2, 0.25) is 5.02 Å². The molecule has 0 saturated carbocycles. The molecule has 84 valence electrons. The van der Waals surface area contributed by atoms with Crippen molar-refractivity contribution in [2.75, 3.05) is 0 Å². The van der Waals surface area contributed by atoms with E-state index in [4.69, 9.17) is 17.4 Å². The second-order valence-electron chi connectivity index (χ2n) is 3.42. The molecule has 2 rings (SSSR count). The van der Waals surface area contributed by atoms with Gasteiger partial charge in [0.15, 0.2) is 0 Å². The van der Waals surface area contributed by atoms with E-state index in [2.05, 4.69) is 23.4 Å². The van der Waals surface area contributed by atoms with E-state index in [1.807, 2.05) is 12.1 Å². The van der Waals surface area contributed by atoms with Gasteiger partial charge < -0.3 is 0 Å². The summed E-state index contributed by atoms with van der Waals surface area (Å²) in [5, 5.41) is 0.622. The van der Waals surface area contributed by atoms with Crippen LogP contribution >= 0.6 is 22.9 Å². The van der Waals surface area contributed by atoms with E-state index in [9.17, 15) is 0 Å². The maximum atomic E-state index is 6.10. The van der Waals surface area contributed by atoms with Crippen LogP contribution in [0.4, 0.5) is 0 Å². The minimum Gasteiger partial charge on any atom is -0.270 e. The van der Waals surface area contributed by atoms with Crippen molar-refractivity contribution in [3.8, 4) is 0 Å². The summed E-state index contributed by atoms with van der Waals surface area (Å²) >= 11 is 7.78. The number of nitrogens with one attached hydrogen (secondary N) is 1. The summed E-state index contributed by atoms with van der Waals surface area (Å²) < 4.78 is 0. The number of rotatable bonds is 3. The van der Waals surface area contributed by atoms with Crippen LogP contribution in [0, 0.1) is 6.92 Å². The summed E-state index contributed by atoms with van der Waals surface area (Å²) in [5.41, 5.74) is 3.51. The molecule has 0 bridgehead atoms. The molecule has 0 amide bonds. The van der Waals surface area contributed by atoms with Crippen LogP contribution in [0.3, 0.4) is 0 Å². The van der Waals surface area contributed by atoms with Gasteiger partial charge in [0, 0.05) is 16.0 Å². The van der Waals surface area contributed by atoms with Gasteiger partial charge in [0.25, 0.3) is 0 Å². The number of hydrazine groups is 1. The molecule has 1 unspecified atom stereocenters. The molecule has 0 saturated heterocycles. The summed E-state index contributed by atoms with van der Waals surface area (Å²) in [6, 6.07) is 7.57. The standard InChI is InChI=1S/C11H12ClN3S/c1-7-4-5-9(16-7)11(15-13)10-8(12)3-2-6-14-10/h2-6,11,15H,13H2,1H3. The predicted octanol–water partition coefficient (Wildman–Crippen LogP) is 2.66. The first-order valence-corrected chi connectivity index (χ1v) is 6.04. The van der Waals surface area contributed by atoms with Crippen molar-refractivity contribution in [1.82, 2.24) is 10.4 Å². The third-order valence-corrected chi connectivity index (χ3v) is 3.66. The summed E-state index contributed by atoms with van der Waals surface area (Å²) in [6.45, 7) is 2.06. The zero-order valence-corrected chi connectivity index (χ0v) is 10.3. The van der Waals surface area contributed by atoms with Gasteiger partial charge in [0.1, 0.15) is 0 Å². The van der Waals surface area contributed by atoms with Crippen molar-refractivity contribution in [2.24, 2.45) is 5.84 Å². The molecule has 3 nitrogen and oxygen atoms in total. The topological polar surface area (TPSA) is 50.9 Å². The Morgan fingerprint density at radius 2 is 2.25 bits per heavy atom. The monoisotopic (exact) mass is 253 g/mol. The number of aromatic nitrogens is 1. The molecule has 0 aliphatic heterocycles. The number of halogens is 1. The minimum absolute atomic E-state index is 0.146. The van der Waals surface area contributed by atoms with Crippen molar-refractivity contribution in [3.63, 3.8) is 0 Å². The van der Waals surface area contributed by atoms with Gasteiger partial charge in [-0.15, -0.1) is 11.3 Å². The Balaban J connectivity index is 2.40. The van der Waals surface area contributed by atoms with E-state index in [0.717, 1.165) is 10.6 Å². The lowest BCUT2D eigenvalue weighted by molar-refractivity contribution is 0.630. The average Bonchev–Trinajstić information content (AvgIpc) is 2.69. The lowest BCUT2D eigenvalue weighted by atomic mass is 10.1. The smallest absolute Gasteiger partial charge is 0.0988 e. The molecule has 5 heteroatoms. The lowest BCUT2D eigenvalue weighted by Gasteiger charge is -2.14. The molecular weight excluding hydrogens is 242 g/mol. The SMILES string of the molecule is Cc1ccc(C(NN)c2ncccc2Cl)s1. The number of hydrogen-bond acceptors (Lipinski definition) is 4. The highest BCUT2D eigenvalue weighted by Gasteiger charge is 2.18. The summed E-state index contributed by atoms with van der Waals surface area (Å²) in [6.07, 6.45) is 1.71. The first kappa shape index (κ1) is 11.5. The average molecular weight is 254 g/mol. The minimum atomic E-state index is -0.146. The Morgan fingerprint density at radius 3 is 2.81 bits per heavy atom. The van der Waals surface area contributed by atoms with Gasteiger partial charge in [-0.2, -0.15) is 0 Å². The van der Waals surface area contributed by atoms with E-state index >= 15 is 0 Å². The van der Waals surface area contributed by atoms with E-state index in [0.29, 0.717) is 5.02 Å². The van der Waals surface area contributed by atoms with E-state index in [1.54, 1.807) is 23.6 Å². The Hall–Kier alpha value is -0.940. The van der Waals surface area contributed by atoms with Gasteiger partial charge in [0.2, 0.25) is 0 Å². The van der Waals surface area contributed by atoms with Gasteiger partial charge in [-0.25, -0.2) is 5.43 Å². The Bertz CT molecular complexity index is 484. The molecule has 16 heavy (non-hydrogen) atoms. The molecule has 1 atom stereocenters. The van der Waals surface area contributed by atoms with Crippen LogP contribution < -0.4 is 11.3 Å². The summed E-state index contributed by atoms with van der Waals surface area (Å²) in [4.78, 5) is 6.62. The van der Waals surface area contributed by atoms with Crippen LogP contribution in [0.15, 0.2) is 30.5 Å². The first-order valence-electron chi connectivity index (χ1n) is 4.85. The number of nitrogens with two attached hydrogens (primary N) is 1. The second-order valence-corrected chi connectivity index (χ2v) is 5.15. The Kier molecular flexibility index (Phi) is 3.56. The molecule has 0 aliphatic carbocycles. The van der Waals surface area contributed by atoms with Crippen LogP contribution in [0.25, 0.3) is 0 Å². The maximum absolute atomic E-state index is 6.10. The Morgan fingerprint density at radius 1 is 1.44 bits per heavy atom. The maximum Gasteiger partial charge on any atom is 0.0988 e. The van der Waals surface area contributed by atoms with Gasteiger partial charge in [-0.3, -0.25) is 10.8 Å². The van der Waals surface area contributed by atoms with Crippen molar-refractivity contribution >= 4 is 22.9 Å². The van der Waals surface area contributed by atoms with Gasteiger partial charge in [0.05, 0.1) is 16.8 Å². The van der Waals surface area contributed by atoms with Crippen LogP contribution in [-0.2, 0) is 0 Å². The second kappa shape index (κ2) is 4.93. The number of thiophene rings is 1. The van der Waals surface area contributed by atoms with Crippen LogP contribution in [-0.4, -0.2) is 4.98 Å².